The van der Waals surface area contributed by atoms with Crippen LogP contribution in [0.15, 0.2) is 200 Å². The maximum absolute atomic E-state index is 6.59. The Morgan fingerprint density at radius 3 is 2.30 bits per heavy atom. The zero-order chi connectivity index (χ0) is 36.6. The van der Waals surface area contributed by atoms with Gasteiger partial charge in [0, 0.05) is 36.3 Å². The summed E-state index contributed by atoms with van der Waals surface area (Å²) in [4.78, 5) is 0. The van der Waals surface area contributed by atoms with E-state index in [0.29, 0.717) is 0 Å². The zero-order valence-electron chi connectivity index (χ0n) is 30.0. The highest BCUT2D eigenvalue weighted by atomic mass is 32.1. The van der Waals surface area contributed by atoms with E-state index in [0.717, 1.165) is 56.9 Å². The SMILES string of the molecule is C=C/C=C\C(C=C)=C\C(=C)c1ccccccc(C2=CC(c3ccc4sc5ccc6ccc7c8ccccc8oc7c6c5c4c3)=CCC2)c2ccccc12. The van der Waals surface area contributed by atoms with Gasteiger partial charge in [-0.3, -0.25) is 0 Å². The molecule has 0 amide bonds. The summed E-state index contributed by atoms with van der Waals surface area (Å²) < 4.78 is 9.15. The Bertz CT molecular complexity index is 3040. The van der Waals surface area contributed by atoms with Crippen LogP contribution in [-0.2, 0) is 0 Å². The maximum Gasteiger partial charge on any atom is 0.143 e. The van der Waals surface area contributed by atoms with Crippen LogP contribution >= 0.6 is 11.3 Å². The molecule has 2 heteroatoms. The van der Waals surface area contributed by atoms with Crippen molar-refractivity contribution in [2.45, 2.75) is 12.8 Å². The van der Waals surface area contributed by atoms with Gasteiger partial charge in [0.05, 0.1) is 0 Å². The summed E-state index contributed by atoms with van der Waals surface area (Å²) in [5.41, 5.74) is 9.88. The number of furan rings is 1. The average molecular weight is 711 g/mol. The normalized spacial score (nSPS) is 13.5. The van der Waals surface area contributed by atoms with Gasteiger partial charge in [-0.25, -0.2) is 0 Å². The van der Waals surface area contributed by atoms with Gasteiger partial charge in [-0.2, -0.15) is 0 Å². The second kappa shape index (κ2) is 14.2. The first-order chi connectivity index (χ1) is 26.6. The second-order valence-electron chi connectivity index (χ2n) is 13.7. The lowest BCUT2D eigenvalue weighted by atomic mass is 9.88. The molecule has 0 unspecified atom stereocenters. The van der Waals surface area contributed by atoms with Crippen LogP contribution < -0.4 is 0 Å². The minimum atomic E-state index is 0.918. The zero-order valence-corrected chi connectivity index (χ0v) is 30.8. The summed E-state index contributed by atoms with van der Waals surface area (Å²) in [5, 5.41) is 9.59. The van der Waals surface area contributed by atoms with Crippen molar-refractivity contribution in [2.75, 3.05) is 0 Å². The highest BCUT2D eigenvalue weighted by Gasteiger charge is 2.18. The van der Waals surface area contributed by atoms with Crippen LogP contribution in [0.2, 0.25) is 0 Å². The fraction of sp³-hybridized carbons (Fsp3) is 0.0385. The third kappa shape index (κ3) is 5.91. The summed E-state index contributed by atoms with van der Waals surface area (Å²) in [6, 6.07) is 45.8. The van der Waals surface area contributed by atoms with Crippen molar-refractivity contribution in [3.8, 4) is 0 Å². The van der Waals surface area contributed by atoms with Gasteiger partial charge in [0.1, 0.15) is 11.2 Å². The standard InChI is InChI=1S/C52H38OS/c1-4-6-16-35(5-2)31-34(3)40-19-9-7-8-10-20-41(43-22-12-11-21-42(40)43)39-18-15-17-37(32-39)38-27-29-48-46(33-38)51-49(54-48)30-26-36-25-28-45-44-23-13-14-24-47(44)53-52(45)50(36)51/h4-14,16-17,19-33H,1-3,15,18H2/b8-7?,9-7?,10-8?,16-6-,19-9?,20-10?,35-31+,40-19?,41-20?,42-40?,43-41?. The van der Waals surface area contributed by atoms with Crippen LogP contribution in [0.5, 0.6) is 0 Å². The average Bonchev–Trinajstić information content (AvgIpc) is 3.79. The molecule has 9 rings (SSSR count). The first-order valence-corrected chi connectivity index (χ1v) is 19.2. The lowest BCUT2D eigenvalue weighted by Gasteiger charge is -2.17. The third-order valence-electron chi connectivity index (χ3n) is 10.5. The molecule has 0 spiro atoms. The second-order valence-corrected chi connectivity index (χ2v) is 14.8. The first-order valence-electron chi connectivity index (χ1n) is 18.4. The Labute approximate surface area is 319 Å². The summed E-state index contributed by atoms with van der Waals surface area (Å²) in [6.45, 7) is 12.4. The van der Waals surface area contributed by atoms with Gasteiger partial charge in [-0.05, 0) is 104 Å². The van der Waals surface area contributed by atoms with E-state index in [2.05, 4.69) is 159 Å². The van der Waals surface area contributed by atoms with Crippen LogP contribution in [0.3, 0.4) is 0 Å². The molecule has 2 aromatic heterocycles. The maximum atomic E-state index is 6.59. The van der Waals surface area contributed by atoms with Crippen molar-refractivity contribution < 1.29 is 4.42 Å². The molecule has 0 aliphatic heterocycles. The fourth-order valence-electron chi connectivity index (χ4n) is 7.91. The van der Waals surface area contributed by atoms with Crippen molar-refractivity contribution in [2.24, 2.45) is 0 Å². The summed E-state index contributed by atoms with van der Waals surface area (Å²) in [7, 11) is 0. The van der Waals surface area contributed by atoms with E-state index in [1.54, 1.807) is 6.08 Å². The lowest BCUT2D eigenvalue weighted by Crippen LogP contribution is -1.94. The Hall–Kier alpha value is -6.48. The molecule has 2 heterocycles. The molecule has 0 N–H and O–H groups in total. The summed E-state index contributed by atoms with van der Waals surface area (Å²) in [6.07, 6.45) is 16.3. The molecule has 0 bridgehead atoms. The number of hydrogen-bond donors (Lipinski definition) is 0. The van der Waals surface area contributed by atoms with E-state index in [-0.39, 0.29) is 0 Å². The molecular formula is C52H38OS. The summed E-state index contributed by atoms with van der Waals surface area (Å²) >= 11 is 1.85. The topological polar surface area (TPSA) is 13.1 Å². The highest BCUT2D eigenvalue weighted by molar-refractivity contribution is 7.26. The van der Waals surface area contributed by atoms with Crippen molar-refractivity contribution in [1.82, 2.24) is 0 Å². The number of thiophene rings is 1. The number of fused-ring (bicyclic) bond motifs is 10. The number of para-hydroxylation sites is 1. The largest absolute Gasteiger partial charge is 0.455 e. The molecule has 0 saturated carbocycles. The van der Waals surface area contributed by atoms with Gasteiger partial charge in [0.25, 0.3) is 0 Å². The van der Waals surface area contributed by atoms with Crippen LogP contribution in [0.1, 0.15) is 29.5 Å². The molecular weight excluding hydrogens is 673 g/mol. The van der Waals surface area contributed by atoms with E-state index in [9.17, 15) is 0 Å². The van der Waals surface area contributed by atoms with E-state index >= 15 is 0 Å². The first kappa shape index (κ1) is 33.4. The van der Waals surface area contributed by atoms with Crippen LogP contribution in [0.25, 0.3) is 80.4 Å². The Balaban J connectivity index is 1.20. The fourth-order valence-corrected chi connectivity index (χ4v) is 9.00. The van der Waals surface area contributed by atoms with Gasteiger partial charge >= 0.3 is 0 Å². The minimum Gasteiger partial charge on any atom is -0.455 e. The molecule has 6 aromatic carbocycles. The number of allylic oxidation sites excluding steroid dienone is 11. The van der Waals surface area contributed by atoms with Gasteiger partial charge < -0.3 is 4.42 Å². The molecule has 8 aromatic rings. The van der Waals surface area contributed by atoms with E-state index in [1.165, 1.54) is 58.6 Å². The molecule has 1 nitrogen and oxygen atoms in total. The van der Waals surface area contributed by atoms with Gasteiger partial charge in [0.2, 0.25) is 0 Å². The van der Waals surface area contributed by atoms with Crippen LogP contribution in [-0.4, -0.2) is 0 Å². The van der Waals surface area contributed by atoms with Crippen molar-refractivity contribution in [1.29, 1.82) is 0 Å². The molecule has 1 aliphatic carbocycles. The third-order valence-corrected chi connectivity index (χ3v) is 11.6. The molecule has 0 saturated heterocycles. The summed E-state index contributed by atoms with van der Waals surface area (Å²) in [5.74, 6) is 0. The highest BCUT2D eigenvalue weighted by Crippen LogP contribution is 2.44. The molecule has 0 atom stereocenters. The Morgan fingerprint density at radius 1 is 0.685 bits per heavy atom. The number of hydrogen-bond acceptors (Lipinski definition) is 2. The van der Waals surface area contributed by atoms with E-state index in [4.69, 9.17) is 4.42 Å². The molecule has 54 heavy (non-hydrogen) atoms. The van der Waals surface area contributed by atoms with E-state index < -0.39 is 0 Å². The van der Waals surface area contributed by atoms with Crippen molar-refractivity contribution in [3.63, 3.8) is 0 Å². The van der Waals surface area contributed by atoms with Gasteiger partial charge in [0.15, 0.2) is 0 Å². The molecule has 0 radical (unpaired) electrons. The van der Waals surface area contributed by atoms with Gasteiger partial charge in [-0.15, -0.1) is 11.3 Å². The quantitative estimate of drug-likeness (QED) is 0.150. The molecule has 1 aliphatic rings. The predicted octanol–water partition coefficient (Wildman–Crippen LogP) is 15.5. The molecule has 258 valence electrons. The van der Waals surface area contributed by atoms with Crippen molar-refractivity contribution in [3.05, 3.63) is 212 Å². The number of rotatable bonds is 7. The predicted molar refractivity (Wildman–Crippen MR) is 238 cm³/mol. The molecule has 0 fully saturated rings. The number of benzene rings is 5. The monoisotopic (exact) mass is 710 g/mol. The van der Waals surface area contributed by atoms with Crippen molar-refractivity contribution >= 4 is 91.7 Å². The Morgan fingerprint density at radius 2 is 1.44 bits per heavy atom. The smallest absolute Gasteiger partial charge is 0.143 e. The lowest BCUT2D eigenvalue weighted by molar-refractivity contribution is 0.673. The Kier molecular flexibility index (Phi) is 8.75. The van der Waals surface area contributed by atoms with E-state index in [1.807, 2.05) is 35.6 Å². The minimum absolute atomic E-state index is 0.918. The van der Waals surface area contributed by atoms with Gasteiger partial charge in [-0.1, -0.05) is 153 Å². The van der Waals surface area contributed by atoms with Crippen LogP contribution in [0, 0.1) is 0 Å². The van der Waals surface area contributed by atoms with Crippen LogP contribution in [0.4, 0.5) is 0 Å².